The number of rotatable bonds is 3. The third-order valence-electron chi connectivity index (χ3n) is 2.53. The molecule has 1 heterocycles. The van der Waals surface area contributed by atoms with Crippen molar-refractivity contribution >= 4 is 27.5 Å². The summed E-state index contributed by atoms with van der Waals surface area (Å²) in [6.07, 6.45) is 0.135. The van der Waals surface area contributed by atoms with Gasteiger partial charge in [0.1, 0.15) is 0 Å². The van der Waals surface area contributed by atoms with Gasteiger partial charge in [-0.2, -0.15) is 0 Å². The Bertz CT molecular complexity index is 387. The summed E-state index contributed by atoms with van der Waals surface area (Å²) in [5.41, 5.74) is -0.122. The van der Waals surface area contributed by atoms with Crippen LogP contribution in [0.1, 0.15) is 6.42 Å². The summed E-state index contributed by atoms with van der Waals surface area (Å²) < 4.78 is 0.965. The molecule has 86 valence electrons. The van der Waals surface area contributed by atoms with Gasteiger partial charge in [-0.05, 0) is 24.3 Å². The molecule has 0 bridgehead atoms. The van der Waals surface area contributed by atoms with Gasteiger partial charge in [0.2, 0.25) is 5.91 Å². The van der Waals surface area contributed by atoms with Gasteiger partial charge in [0.25, 0.3) is 0 Å². The van der Waals surface area contributed by atoms with Gasteiger partial charge in [-0.3, -0.25) is 4.79 Å². The van der Waals surface area contributed by atoms with Gasteiger partial charge in [0.05, 0.1) is 12.0 Å². The maximum absolute atomic E-state index is 11.6. The molecule has 0 unspecified atom stereocenters. The lowest BCUT2D eigenvalue weighted by Crippen LogP contribution is -2.60. The number of hydrogen-bond acceptors (Lipinski definition) is 3. The summed E-state index contributed by atoms with van der Waals surface area (Å²) in [4.78, 5) is 11.6. The molecule has 1 aromatic carbocycles. The zero-order valence-corrected chi connectivity index (χ0v) is 10.3. The van der Waals surface area contributed by atoms with Crippen LogP contribution in [0.25, 0.3) is 0 Å². The molecule has 0 aromatic heterocycles. The van der Waals surface area contributed by atoms with Crippen LogP contribution in [0.5, 0.6) is 0 Å². The van der Waals surface area contributed by atoms with E-state index in [0.29, 0.717) is 13.1 Å². The van der Waals surface area contributed by atoms with E-state index < -0.39 is 5.60 Å². The normalized spacial score (nSPS) is 17.6. The molecule has 0 radical (unpaired) electrons. The lowest BCUT2D eigenvalue weighted by molar-refractivity contribution is -0.123. The fourth-order valence-electron chi connectivity index (χ4n) is 1.58. The monoisotopic (exact) mass is 284 g/mol. The van der Waals surface area contributed by atoms with Gasteiger partial charge >= 0.3 is 0 Å². The number of carbonyl (C=O) groups excluding carboxylic acids is 1. The van der Waals surface area contributed by atoms with Gasteiger partial charge in [-0.1, -0.05) is 15.9 Å². The highest BCUT2D eigenvalue weighted by molar-refractivity contribution is 9.10. The largest absolute Gasteiger partial charge is 0.387 e. The molecule has 1 aliphatic heterocycles. The standard InChI is InChI=1S/C11H13BrN2O2/c12-8-1-3-9(4-2-8)14-10(15)5-11(16)6-13-7-11/h1-4,13,16H,5-7H2,(H,14,15). The molecule has 1 saturated heterocycles. The number of carbonyl (C=O) groups is 1. The molecule has 2 rings (SSSR count). The summed E-state index contributed by atoms with van der Waals surface area (Å²) in [5, 5.41) is 15.5. The van der Waals surface area contributed by atoms with Crippen molar-refractivity contribution in [1.29, 1.82) is 0 Å². The minimum atomic E-state index is -0.862. The molecule has 1 fully saturated rings. The van der Waals surface area contributed by atoms with Gasteiger partial charge in [0, 0.05) is 23.2 Å². The second kappa shape index (κ2) is 4.53. The van der Waals surface area contributed by atoms with Crippen LogP contribution < -0.4 is 10.6 Å². The Morgan fingerprint density at radius 1 is 1.44 bits per heavy atom. The van der Waals surface area contributed by atoms with Crippen LogP contribution in [0.4, 0.5) is 5.69 Å². The first-order valence-corrected chi connectivity index (χ1v) is 5.85. The van der Waals surface area contributed by atoms with E-state index in [0.717, 1.165) is 10.2 Å². The average Bonchev–Trinajstić information content (AvgIpc) is 2.19. The summed E-state index contributed by atoms with van der Waals surface area (Å²) in [7, 11) is 0. The first-order chi connectivity index (χ1) is 7.57. The molecular formula is C11H13BrN2O2. The van der Waals surface area contributed by atoms with Crippen molar-refractivity contribution in [3.05, 3.63) is 28.7 Å². The summed E-state index contributed by atoms with van der Waals surface area (Å²) >= 11 is 3.32. The lowest BCUT2D eigenvalue weighted by Gasteiger charge is -2.36. The predicted molar refractivity (Wildman–Crippen MR) is 65.2 cm³/mol. The Morgan fingerprint density at radius 3 is 2.56 bits per heavy atom. The van der Waals surface area contributed by atoms with Crippen LogP contribution in [0.3, 0.4) is 0 Å². The van der Waals surface area contributed by atoms with E-state index in [9.17, 15) is 9.90 Å². The van der Waals surface area contributed by atoms with Crippen molar-refractivity contribution in [2.75, 3.05) is 18.4 Å². The summed E-state index contributed by atoms with van der Waals surface area (Å²) in [5.74, 6) is -0.161. The average molecular weight is 285 g/mol. The fourth-order valence-corrected chi connectivity index (χ4v) is 1.84. The number of β-amino-alcohol motifs (C(OH)–C–C–N with tert-alkyl or cyclic N) is 1. The van der Waals surface area contributed by atoms with E-state index in [-0.39, 0.29) is 12.3 Å². The van der Waals surface area contributed by atoms with Gasteiger partial charge in [-0.25, -0.2) is 0 Å². The third-order valence-corrected chi connectivity index (χ3v) is 3.05. The molecule has 0 spiro atoms. The molecule has 1 aliphatic rings. The van der Waals surface area contributed by atoms with E-state index in [1.54, 1.807) is 0 Å². The second-order valence-corrected chi connectivity index (χ2v) is 4.98. The van der Waals surface area contributed by atoms with E-state index in [4.69, 9.17) is 0 Å². The number of hydrogen-bond donors (Lipinski definition) is 3. The molecule has 1 aromatic rings. The molecule has 0 aliphatic carbocycles. The molecule has 3 N–H and O–H groups in total. The molecule has 16 heavy (non-hydrogen) atoms. The number of nitrogens with one attached hydrogen (secondary N) is 2. The van der Waals surface area contributed by atoms with E-state index in [1.807, 2.05) is 24.3 Å². The van der Waals surface area contributed by atoms with Crippen LogP contribution in [0, 0.1) is 0 Å². The van der Waals surface area contributed by atoms with Crippen molar-refractivity contribution in [2.24, 2.45) is 0 Å². The first-order valence-electron chi connectivity index (χ1n) is 5.06. The highest BCUT2D eigenvalue weighted by atomic mass is 79.9. The highest BCUT2D eigenvalue weighted by Gasteiger charge is 2.36. The second-order valence-electron chi connectivity index (χ2n) is 4.06. The minimum absolute atomic E-state index is 0.135. The van der Waals surface area contributed by atoms with Gasteiger partial charge < -0.3 is 15.7 Å². The van der Waals surface area contributed by atoms with Crippen molar-refractivity contribution in [1.82, 2.24) is 5.32 Å². The maximum atomic E-state index is 11.6. The first kappa shape index (κ1) is 11.6. The SMILES string of the molecule is O=C(CC1(O)CNC1)Nc1ccc(Br)cc1. The minimum Gasteiger partial charge on any atom is -0.387 e. The predicted octanol–water partition coefficient (Wildman–Crippen LogP) is 1.11. The Morgan fingerprint density at radius 2 is 2.06 bits per heavy atom. The Hall–Kier alpha value is -0.910. The Kier molecular flexibility index (Phi) is 3.28. The number of aliphatic hydroxyl groups is 1. The van der Waals surface area contributed by atoms with Crippen molar-refractivity contribution < 1.29 is 9.90 Å². The number of amides is 1. The molecule has 1 amide bonds. The van der Waals surface area contributed by atoms with E-state index >= 15 is 0 Å². The topological polar surface area (TPSA) is 61.4 Å². The summed E-state index contributed by atoms with van der Waals surface area (Å²) in [6.45, 7) is 0.974. The van der Waals surface area contributed by atoms with Crippen molar-refractivity contribution in [3.8, 4) is 0 Å². The van der Waals surface area contributed by atoms with Crippen LogP contribution >= 0.6 is 15.9 Å². The van der Waals surface area contributed by atoms with Crippen LogP contribution in [0.15, 0.2) is 28.7 Å². The number of benzene rings is 1. The summed E-state index contributed by atoms with van der Waals surface area (Å²) in [6, 6.07) is 7.33. The number of anilines is 1. The van der Waals surface area contributed by atoms with Crippen molar-refractivity contribution in [3.63, 3.8) is 0 Å². The van der Waals surface area contributed by atoms with E-state index in [1.165, 1.54) is 0 Å². The molecule has 4 nitrogen and oxygen atoms in total. The van der Waals surface area contributed by atoms with Crippen molar-refractivity contribution in [2.45, 2.75) is 12.0 Å². The lowest BCUT2D eigenvalue weighted by atomic mass is 9.93. The number of halogens is 1. The fraction of sp³-hybridized carbons (Fsp3) is 0.364. The molecule has 0 atom stereocenters. The molecule has 0 saturated carbocycles. The smallest absolute Gasteiger partial charge is 0.227 e. The van der Waals surface area contributed by atoms with Gasteiger partial charge in [0.15, 0.2) is 0 Å². The quantitative estimate of drug-likeness (QED) is 0.779. The molecular weight excluding hydrogens is 272 g/mol. The molecule has 5 heteroatoms. The third kappa shape index (κ3) is 2.81. The highest BCUT2D eigenvalue weighted by Crippen LogP contribution is 2.18. The van der Waals surface area contributed by atoms with Gasteiger partial charge in [-0.15, -0.1) is 0 Å². The van der Waals surface area contributed by atoms with Crippen LogP contribution in [-0.2, 0) is 4.79 Å². The zero-order chi connectivity index (χ0) is 11.6. The Balaban J connectivity index is 1.89. The Labute approximate surface area is 102 Å². The van der Waals surface area contributed by atoms with Crippen LogP contribution in [0.2, 0.25) is 0 Å². The maximum Gasteiger partial charge on any atom is 0.227 e. The van der Waals surface area contributed by atoms with E-state index in [2.05, 4.69) is 26.6 Å². The van der Waals surface area contributed by atoms with Crippen LogP contribution in [-0.4, -0.2) is 29.7 Å². The zero-order valence-electron chi connectivity index (χ0n) is 8.66.